The summed E-state index contributed by atoms with van der Waals surface area (Å²) in [5.74, 6) is 0. The maximum atomic E-state index is 3.95. The Labute approximate surface area is 123 Å². The Bertz CT molecular complexity index is 154. The van der Waals surface area contributed by atoms with Crippen molar-refractivity contribution in [3.63, 3.8) is 0 Å². The van der Waals surface area contributed by atoms with Crippen molar-refractivity contribution in [3.8, 4) is 0 Å². The quantitative estimate of drug-likeness (QED) is 0.354. The van der Waals surface area contributed by atoms with E-state index in [0.29, 0.717) is 0 Å². The summed E-state index contributed by atoms with van der Waals surface area (Å²) in [5, 5.41) is 0. The van der Waals surface area contributed by atoms with Crippen molar-refractivity contribution in [2.45, 2.75) is 30.6 Å². The van der Waals surface area contributed by atoms with Gasteiger partial charge in [0.25, 0.3) is 0 Å². The van der Waals surface area contributed by atoms with Crippen LogP contribution >= 0.6 is 0 Å². The summed E-state index contributed by atoms with van der Waals surface area (Å²) in [6.07, 6.45) is 7.18. The molecule has 0 bridgehead atoms. The Morgan fingerprint density at radius 3 is 1.47 bits per heavy atom. The Morgan fingerprint density at radius 1 is 0.933 bits per heavy atom. The van der Waals surface area contributed by atoms with Crippen LogP contribution in [0.3, 0.4) is 0 Å². The molecular formula is C12H21BrMgSi. The fourth-order valence-corrected chi connectivity index (χ4v) is 5.55. The van der Waals surface area contributed by atoms with Crippen LogP contribution in [0.25, 0.3) is 0 Å². The number of halogens is 1. The van der Waals surface area contributed by atoms with Crippen LogP contribution in [-0.2, 0) is 0 Å². The topological polar surface area (TPSA) is 0 Å². The standard InChI is InChI=1S/C12H21Si.BrH.Mg/c1-5-9-13(10-6-2,11-7-3)12-8-4;;/h5-7H,1-4,8-12H2;1H;/q-1;;+2/p-1. The van der Waals surface area contributed by atoms with Gasteiger partial charge < -0.3 is 23.9 Å². The van der Waals surface area contributed by atoms with Crippen LogP contribution < -0.4 is 17.0 Å². The summed E-state index contributed by atoms with van der Waals surface area (Å²) in [7, 11) is -1.21. The zero-order valence-electron chi connectivity index (χ0n) is 9.68. The van der Waals surface area contributed by atoms with Crippen LogP contribution in [0.2, 0.25) is 24.2 Å². The Kier molecular flexibility index (Phi) is 17.9. The van der Waals surface area contributed by atoms with E-state index >= 15 is 0 Å². The first-order valence-electron chi connectivity index (χ1n) is 4.86. The minimum Gasteiger partial charge on any atom is -1.00 e. The molecular weight excluding hydrogens is 276 g/mol. The van der Waals surface area contributed by atoms with Crippen molar-refractivity contribution in [1.82, 2.24) is 0 Å². The van der Waals surface area contributed by atoms with Crippen molar-refractivity contribution >= 4 is 31.1 Å². The molecule has 0 aliphatic heterocycles. The van der Waals surface area contributed by atoms with Crippen molar-refractivity contribution in [2.24, 2.45) is 0 Å². The molecule has 0 fully saturated rings. The molecule has 15 heavy (non-hydrogen) atoms. The van der Waals surface area contributed by atoms with E-state index in [1.807, 2.05) is 0 Å². The Morgan fingerprint density at radius 2 is 1.27 bits per heavy atom. The second-order valence-corrected chi connectivity index (χ2v) is 8.31. The molecule has 0 atom stereocenters. The van der Waals surface area contributed by atoms with Gasteiger partial charge in [0, 0.05) is 0 Å². The summed E-state index contributed by atoms with van der Waals surface area (Å²) in [5.41, 5.74) is 0. The second-order valence-electron chi connectivity index (χ2n) is 3.58. The molecule has 0 saturated heterocycles. The van der Waals surface area contributed by atoms with Crippen LogP contribution in [0.1, 0.15) is 6.42 Å². The molecule has 0 heterocycles. The van der Waals surface area contributed by atoms with Gasteiger partial charge in [0.05, 0.1) is 8.07 Å². The van der Waals surface area contributed by atoms with Gasteiger partial charge in [-0.15, -0.1) is 19.7 Å². The molecule has 0 rings (SSSR count). The Balaban J connectivity index is -0.000000720. The summed E-state index contributed by atoms with van der Waals surface area (Å²) >= 11 is 0. The van der Waals surface area contributed by atoms with E-state index in [9.17, 15) is 0 Å². The van der Waals surface area contributed by atoms with Gasteiger partial charge in [-0.1, -0.05) is 24.3 Å². The average molecular weight is 298 g/mol. The SMILES string of the molecule is C=CC[Si](CC=C)(CC=C)CC[CH2-].[Br-].[Mg+2]. The van der Waals surface area contributed by atoms with Gasteiger partial charge in [0.1, 0.15) is 0 Å². The van der Waals surface area contributed by atoms with E-state index in [2.05, 4.69) is 44.9 Å². The van der Waals surface area contributed by atoms with Crippen LogP contribution in [0.15, 0.2) is 38.0 Å². The van der Waals surface area contributed by atoms with Crippen molar-refractivity contribution in [2.75, 3.05) is 0 Å². The second kappa shape index (κ2) is 12.8. The number of hydrogen-bond donors (Lipinski definition) is 0. The summed E-state index contributed by atoms with van der Waals surface area (Å²) < 4.78 is 0. The molecule has 0 saturated carbocycles. The van der Waals surface area contributed by atoms with Crippen LogP contribution in [0.4, 0.5) is 0 Å². The largest absolute Gasteiger partial charge is 2.00 e. The first-order valence-corrected chi connectivity index (χ1v) is 7.69. The summed E-state index contributed by atoms with van der Waals surface area (Å²) in [6, 6.07) is 4.76. The van der Waals surface area contributed by atoms with Gasteiger partial charge in [0.15, 0.2) is 0 Å². The van der Waals surface area contributed by atoms with Crippen molar-refractivity contribution < 1.29 is 17.0 Å². The molecule has 0 aliphatic rings. The Hall–Kier alpha value is 0.683. The third-order valence-corrected chi connectivity index (χ3v) is 7.32. The van der Waals surface area contributed by atoms with Crippen LogP contribution in [0.5, 0.6) is 0 Å². The van der Waals surface area contributed by atoms with Gasteiger partial charge in [-0.2, -0.15) is 6.42 Å². The van der Waals surface area contributed by atoms with E-state index in [1.165, 1.54) is 24.2 Å². The predicted molar refractivity (Wildman–Crippen MR) is 71.3 cm³/mol. The van der Waals surface area contributed by atoms with E-state index in [1.54, 1.807) is 0 Å². The smallest absolute Gasteiger partial charge is 1.00 e. The third kappa shape index (κ3) is 8.49. The molecule has 82 valence electrons. The molecule has 0 aromatic carbocycles. The summed E-state index contributed by atoms with van der Waals surface area (Å²) in [6.45, 7) is 15.5. The average Bonchev–Trinajstić information content (AvgIpc) is 2.06. The molecule has 0 aromatic heterocycles. The molecule has 0 nitrogen and oxygen atoms in total. The minimum atomic E-state index is -1.21. The molecule has 0 spiro atoms. The molecule has 3 heteroatoms. The van der Waals surface area contributed by atoms with Crippen LogP contribution in [-0.4, -0.2) is 31.1 Å². The van der Waals surface area contributed by atoms with Gasteiger partial charge >= 0.3 is 23.1 Å². The number of hydrogen-bond acceptors (Lipinski definition) is 0. The zero-order valence-corrected chi connectivity index (χ0v) is 13.7. The molecule has 0 radical (unpaired) electrons. The van der Waals surface area contributed by atoms with Crippen molar-refractivity contribution in [1.29, 1.82) is 0 Å². The fraction of sp³-hybridized carbons (Fsp3) is 0.417. The predicted octanol–water partition coefficient (Wildman–Crippen LogP) is 0.841. The van der Waals surface area contributed by atoms with E-state index < -0.39 is 8.07 Å². The first kappa shape index (κ1) is 21.0. The van der Waals surface area contributed by atoms with Gasteiger partial charge in [-0.3, -0.25) is 0 Å². The normalized spacial score (nSPS) is 9.40. The minimum absolute atomic E-state index is 0. The maximum absolute atomic E-state index is 3.95. The number of rotatable bonds is 8. The molecule has 0 aromatic rings. The zero-order chi connectivity index (χ0) is 10.2. The third-order valence-electron chi connectivity index (χ3n) is 2.44. The van der Waals surface area contributed by atoms with E-state index in [4.69, 9.17) is 0 Å². The van der Waals surface area contributed by atoms with Crippen LogP contribution in [0, 0.1) is 6.92 Å². The van der Waals surface area contributed by atoms with Gasteiger partial charge in [-0.05, 0) is 18.1 Å². The molecule has 0 amide bonds. The summed E-state index contributed by atoms with van der Waals surface area (Å²) in [4.78, 5) is 0. The van der Waals surface area contributed by atoms with E-state index in [0.717, 1.165) is 6.42 Å². The monoisotopic (exact) mass is 296 g/mol. The maximum Gasteiger partial charge on any atom is 2.00 e. The molecule has 0 N–H and O–H groups in total. The molecule has 0 aliphatic carbocycles. The van der Waals surface area contributed by atoms with Gasteiger partial charge in [0.2, 0.25) is 0 Å². The first-order chi connectivity index (χ1) is 6.24. The fourth-order valence-electron chi connectivity index (χ4n) is 1.85. The van der Waals surface area contributed by atoms with Gasteiger partial charge in [-0.25, -0.2) is 0 Å². The number of allylic oxidation sites excluding steroid dienone is 3. The van der Waals surface area contributed by atoms with E-state index in [-0.39, 0.29) is 40.0 Å². The van der Waals surface area contributed by atoms with Crippen molar-refractivity contribution in [3.05, 3.63) is 44.9 Å². The molecule has 0 unspecified atom stereocenters.